The van der Waals surface area contributed by atoms with Gasteiger partial charge in [0.25, 0.3) is 0 Å². The number of aliphatic hydroxyl groups excluding tert-OH is 1. The molecule has 18 heavy (non-hydrogen) atoms. The Labute approximate surface area is 105 Å². The molecule has 2 aromatic rings. The Hall–Kier alpha value is -2.25. The van der Waals surface area contributed by atoms with Crippen molar-refractivity contribution in [3.8, 4) is 6.07 Å². The minimum Gasteiger partial charge on any atom is -0.449 e. The minimum atomic E-state index is 0.163. The zero-order chi connectivity index (χ0) is 12.8. The molecule has 0 atom stereocenters. The fourth-order valence-electron chi connectivity index (χ4n) is 1.64. The highest BCUT2D eigenvalue weighted by Crippen LogP contribution is 2.13. The van der Waals surface area contributed by atoms with Crippen LogP contribution >= 0.6 is 0 Å². The lowest BCUT2D eigenvalue weighted by molar-refractivity contribution is 0.299. The molecule has 0 aliphatic carbocycles. The molecule has 1 heterocycles. The summed E-state index contributed by atoms with van der Waals surface area (Å²) in [5.74, 6) is 1.05. The Morgan fingerprint density at radius 2 is 1.94 bits per heavy atom. The fourth-order valence-corrected chi connectivity index (χ4v) is 1.64. The molecule has 92 valence electrons. The van der Waals surface area contributed by atoms with Crippen LogP contribution in [0.25, 0.3) is 0 Å². The molecular formula is C14H14N2O2. The Balaban J connectivity index is 1.91. The summed E-state index contributed by atoms with van der Waals surface area (Å²) in [6, 6.07) is 13.2. The van der Waals surface area contributed by atoms with Crippen molar-refractivity contribution in [3.63, 3.8) is 0 Å². The molecule has 0 aliphatic rings. The normalized spacial score (nSPS) is 10.0. The number of furan rings is 1. The molecule has 2 rings (SSSR count). The third-order valence-electron chi connectivity index (χ3n) is 2.59. The highest BCUT2D eigenvalue weighted by atomic mass is 16.3. The first-order valence-corrected chi connectivity index (χ1v) is 5.74. The molecule has 0 unspecified atom stereocenters. The van der Waals surface area contributed by atoms with E-state index in [0.29, 0.717) is 18.7 Å². The number of nitrogens with one attached hydrogen (secondary N) is 1. The molecule has 0 bridgehead atoms. The van der Waals surface area contributed by atoms with E-state index < -0.39 is 0 Å². The van der Waals surface area contributed by atoms with E-state index in [4.69, 9.17) is 14.8 Å². The molecule has 0 saturated heterocycles. The molecule has 0 spiro atoms. The van der Waals surface area contributed by atoms with Gasteiger partial charge in [-0.15, -0.1) is 0 Å². The van der Waals surface area contributed by atoms with Gasteiger partial charge in [0.1, 0.15) is 11.8 Å². The quantitative estimate of drug-likeness (QED) is 0.844. The molecule has 2 N–H and O–H groups in total. The van der Waals surface area contributed by atoms with Crippen molar-refractivity contribution in [2.45, 2.75) is 13.0 Å². The summed E-state index contributed by atoms with van der Waals surface area (Å²) in [7, 11) is 0. The monoisotopic (exact) mass is 242 g/mol. The van der Waals surface area contributed by atoms with Crippen molar-refractivity contribution in [2.75, 3.05) is 11.9 Å². The SMILES string of the molecule is N#Cc1ccc(CNc2ccc(CCO)cc2)o1. The van der Waals surface area contributed by atoms with Gasteiger partial charge in [-0.3, -0.25) is 0 Å². The van der Waals surface area contributed by atoms with Crippen molar-refractivity contribution >= 4 is 5.69 Å². The highest BCUT2D eigenvalue weighted by Gasteiger charge is 2.00. The van der Waals surface area contributed by atoms with Crippen LogP contribution in [-0.2, 0) is 13.0 Å². The summed E-state index contributed by atoms with van der Waals surface area (Å²) in [6.07, 6.45) is 0.671. The predicted octanol–water partition coefficient (Wildman–Crippen LogP) is 2.30. The zero-order valence-corrected chi connectivity index (χ0v) is 9.89. The Morgan fingerprint density at radius 3 is 2.56 bits per heavy atom. The van der Waals surface area contributed by atoms with Gasteiger partial charge >= 0.3 is 0 Å². The molecule has 0 radical (unpaired) electrons. The van der Waals surface area contributed by atoms with E-state index in [9.17, 15) is 0 Å². The summed E-state index contributed by atoms with van der Waals surface area (Å²) >= 11 is 0. The first-order chi connectivity index (χ1) is 8.81. The van der Waals surface area contributed by atoms with E-state index in [1.807, 2.05) is 30.3 Å². The van der Waals surface area contributed by atoms with E-state index >= 15 is 0 Å². The topological polar surface area (TPSA) is 69.2 Å². The van der Waals surface area contributed by atoms with Gasteiger partial charge in [0.2, 0.25) is 5.76 Å². The first-order valence-electron chi connectivity index (χ1n) is 5.74. The summed E-state index contributed by atoms with van der Waals surface area (Å²) in [4.78, 5) is 0. The number of nitrogens with zero attached hydrogens (tertiary/aromatic N) is 1. The maximum Gasteiger partial charge on any atom is 0.203 e. The largest absolute Gasteiger partial charge is 0.449 e. The van der Waals surface area contributed by atoms with Crippen molar-refractivity contribution < 1.29 is 9.52 Å². The predicted molar refractivity (Wildman–Crippen MR) is 68.0 cm³/mol. The van der Waals surface area contributed by atoms with E-state index in [1.165, 1.54) is 0 Å². The maximum absolute atomic E-state index is 8.81. The Kier molecular flexibility index (Phi) is 4.00. The number of hydrogen-bond acceptors (Lipinski definition) is 4. The second-order valence-electron chi connectivity index (χ2n) is 3.90. The third-order valence-corrected chi connectivity index (χ3v) is 2.59. The number of benzene rings is 1. The fraction of sp³-hybridized carbons (Fsp3) is 0.214. The van der Waals surface area contributed by atoms with Crippen LogP contribution in [0.5, 0.6) is 0 Å². The Bertz CT molecular complexity index is 538. The van der Waals surface area contributed by atoms with Crippen LogP contribution in [0.15, 0.2) is 40.8 Å². The molecular weight excluding hydrogens is 228 g/mol. The average Bonchev–Trinajstić information content (AvgIpc) is 2.86. The standard InChI is InChI=1S/C14H14N2O2/c15-9-13-5-6-14(18-13)10-16-12-3-1-11(2-4-12)7-8-17/h1-6,16-17H,7-8,10H2. The van der Waals surface area contributed by atoms with E-state index in [2.05, 4.69) is 5.32 Å². The second kappa shape index (κ2) is 5.89. The van der Waals surface area contributed by atoms with Gasteiger partial charge in [-0.1, -0.05) is 12.1 Å². The van der Waals surface area contributed by atoms with Gasteiger partial charge in [-0.05, 0) is 36.2 Å². The van der Waals surface area contributed by atoms with Gasteiger partial charge in [-0.2, -0.15) is 5.26 Å². The van der Waals surface area contributed by atoms with Crippen molar-refractivity contribution in [1.82, 2.24) is 0 Å². The number of rotatable bonds is 5. The van der Waals surface area contributed by atoms with Crippen LogP contribution in [-0.4, -0.2) is 11.7 Å². The first kappa shape index (κ1) is 12.2. The van der Waals surface area contributed by atoms with Gasteiger partial charge in [0.05, 0.1) is 6.54 Å². The summed E-state index contributed by atoms with van der Waals surface area (Å²) in [5.41, 5.74) is 2.08. The van der Waals surface area contributed by atoms with Crippen LogP contribution in [0, 0.1) is 11.3 Å². The number of hydrogen-bond donors (Lipinski definition) is 2. The van der Waals surface area contributed by atoms with Gasteiger partial charge in [-0.25, -0.2) is 0 Å². The van der Waals surface area contributed by atoms with Crippen molar-refractivity contribution in [1.29, 1.82) is 5.26 Å². The van der Waals surface area contributed by atoms with Gasteiger partial charge in [0, 0.05) is 12.3 Å². The summed E-state index contributed by atoms with van der Waals surface area (Å²) in [5, 5.41) is 20.6. The smallest absolute Gasteiger partial charge is 0.203 e. The van der Waals surface area contributed by atoms with Crippen molar-refractivity contribution in [2.24, 2.45) is 0 Å². The molecule has 0 saturated carbocycles. The van der Waals surface area contributed by atoms with E-state index in [0.717, 1.165) is 17.0 Å². The summed E-state index contributed by atoms with van der Waals surface area (Å²) in [6.45, 7) is 0.705. The zero-order valence-electron chi connectivity index (χ0n) is 9.89. The molecule has 0 amide bonds. The second-order valence-corrected chi connectivity index (χ2v) is 3.90. The van der Waals surface area contributed by atoms with Gasteiger partial charge in [0.15, 0.2) is 0 Å². The van der Waals surface area contributed by atoms with Crippen molar-refractivity contribution in [3.05, 3.63) is 53.5 Å². The number of aliphatic hydroxyl groups is 1. The van der Waals surface area contributed by atoms with Crippen LogP contribution in [0.2, 0.25) is 0 Å². The molecule has 4 heteroatoms. The lowest BCUT2D eigenvalue weighted by Crippen LogP contribution is -1.98. The highest BCUT2D eigenvalue weighted by molar-refractivity contribution is 5.44. The molecule has 0 fully saturated rings. The molecule has 1 aromatic carbocycles. The molecule has 1 aromatic heterocycles. The average molecular weight is 242 g/mol. The minimum absolute atomic E-state index is 0.163. The Morgan fingerprint density at radius 1 is 1.17 bits per heavy atom. The maximum atomic E-state index is 8.81. The van der Waals surface area contributed by atoms with Gasteiger partial charge < -0.3 is 14.8 Å². The van der Waals surface area contributed by atoms with Crippen LogP contribution < -0.4 is 5.32 Å². The third kappa shape index (κ3) is 3.12. The van der Waals surface area contributed by atoms with Crippen LogP contribution in [0.4, 0.5) is 5.69 Å². The van der Waals surface area contributed by atoms with E-state index in [-0.39, 0.29) is 6.61 Å². The van der Waals surface area contributed by atoms with Crippen LogP contribution in [0.3, 0.4) is 0 Å². The van der Waals surface area contributed by atoms with Crippen LogP contribution in [0.1, 0.15) is 17.1 Å². The molecule has 0 aliphatic heterocycles. The lowest BCUT2D eigenvalue weighted by atomic mass is 10.1. The van der Waals surface area contributed by atoms with E-state index in [1.54, 1.807) is 12.1 Å². The molecule has 4 nitrogen and oxygen atoms in total. The lowest BCUT2D eigenvalue weighted by Gasteiger charge is -2.05. The number of nitriles is 1. The summed E-state index contributed by atoms with van der Waals surface area (Å²) < 4.78 is 5.26. The number of anilines is 1.